The van der Waals surface area contributed by atoms with E-state index in [1.807, 2.05) is 6.07 Å². The summed E-state index contributed by atoms with van der Waals surface area (Å²) in [6.07, 6.45) is 15.5. The summed E-state index contributed by atoms with van der Waals surface area (Å²) < 4.78 is 5.87. The highest BCUT2D eigenvalue weighted by atomic mass is 16.5. The van der Waals surface area contributed by atoms with Crippen LogP contribution in [0.5, 0.6) is 5.75 Å². The summed E-state index contributed by atoms with van der Waals surface area (Å²) in [5.74, 6) is 7.45. The van der Waals surface area contributed by atoms with E-state index >= 15 is 0 Å². The molecular weight excluding hydrogens is 476 g/mol. The fourth-order valence-corrected chi connectivity index (χ4v) is 11.9. The van der Waals surface area contributed by atoms with E-state index in [1.54, 1.807) is 7.11 Å². The zero-order chi connectivity index (χ0) is 28.3. The van der Waals surface area contributed by atoms with Crippen molar-refractivity contribution in [3.05, 3.63) is 17.7 Å². The molecule has 1 aromatic rings. The number of ether oxygens (including phenoxy) is 1. The molecule has 9 atom stereocenters. The van der Waals surface area contributed by atoms with Crippen LogP contribution in [0.15, 0.2) is 12.1 Å². The van der Waals surface area contributed by atoms with Crippen molar-refractivity contribution in [3.8, 4) is 5.75 Å². The Balaban J connectivity index is 1.36. The molecule has 0 saturated heterocycles. The number of fused-ring (bicyclic) bond motifs is 5. The van der Waals surface area contributed by atoms with Crippen LogP contribution in [0.25, 0.3) is 0 Å². The van der Waals surface area contributed by atoms with Crippen LogP contribution in [-0.2, 0) is 0 Å². The smallest absolute Gasteiger partial charge is 0.145 e. The molecule has 39 heavy (non-hydrogen) atoms. The van der Waals surface area contributed by atoms with Crippen molar-refractivity contribution in [3.63, 3.8) is 0 Å². The van der Waals surface area contributed by atoms with Crippen LogP contribution in [0, 0.1) is 57.7 Å². The van der Waals surface area contributed by atoms with Crippen molar-refractivity contribution in [2.24, 2.45) is 57.7 Å². The van der Waals surface area contributed by atoms with Gasteiger partial charge >= 0.3 is 0 Å². The summed E-state index contributed by atoms with van der Waals surface area (Å²) >= 11 is 0. The highest BCUT2D eigenvalue weighted by Crippen LogP contribution is 2.72. The van der Waals surface area contributed by atoms with E-state index in [2.05, 4.69) is 54.5 Å². The monoisotopic (exact) mass is 536 g/mol. The average Bonchev–Trinajstić information content (AvgIpc) is 3.20. The van der Waals surface area contributed by atoms with Gasteiger partial charge in [0.25, 0.3) is 0 Å². The van der Waals surface area contributed by atoms with Crippen molar-refractivity contribution in [2.45, 2.75) is 125 Å². The minimum atomic E-state index is 0.190. The maximum Gasteiger partial charge on any atom is 0.145 e. The maximum absolute atomic E-state index is 6.40. The van der Waals surface area contributed by atoms with Gasteiger partial charge in [0.05, 0.1) is 12.8 Å². The highest BCUT2D eigenvalue weighted by Gasteiger charge is 2.63. The minimum absolute atomic E-state index is 0.190. The van der Waals surface area contributed by atoms with Crippen LogP contribution >= 0.6 is 0 Å². The van der Waals surface area contributed by atoms with Gasteiger partial charge < -0.3 is 16.2 Å². The molecule has 0 aromatic heterocycles. The molecule has 5 rings (SSSR count). The summed E-state index contributed by atoms with van der Waals surface area (Å²) in [5, 5.41) is 0. The number of methoxy groups -OCH3 is 1. The summed E-state index contributed by atoms with van der Waals surface area (Å²) in [6, 6.07) is 4.01. The predicted molar refractivity (Wildman–Crippen MR) is 167 cm³/mol. The summed E-state index contributed by atoms with van der Waals surface area (Å²) in [4.78, 5) is 0. The lowest BCUT2D eigenvalue weighted by Gasteiger charge is -2.65. The molecule has 4 N–H and O–H groups in total. The van der Waals surface area contributed by atoms with Crippen LogP contribution < -0.4 is 16.2 Å². The first-order valence-electron chi connectivity index (χ1n) is 16.6. The molecule has 4 aliphatic carbocycles. The SMILES string of the molecule is COc1c(N)cc(N)cc1C1CC[C@@]2(C)C(CC[C@H]3[C@@H]4CC[C@H](C(C)CCCC(C)C)[C@@]4(C)CC[C@@H]32)C1(C)C. The first-order chi connectivity index (χ1) is 18.3. The number of hydrogen-bond acceptors (Lipinski definition) is 3. The van der Waals surface area contributed by atoms with Gasteiger partial charge in [-0.1, -0.05) is 67.7 Å². The van der Waals surface area contributed by atoms with Crippen molar-refractivity contribution in [1.82, 2.24) is 0 Å². The molecule has 0 aliphatic heterocycles. The Morgan fingerprint density at radius 2 is 1.54 bits per heavy atom. The Morgan fingerprint density at radius 3 is 2.23 bits per heavy atom. The molecule has 4 aliphatic rings. The van der Waals surface area contributed by atoms with E-state index in [-0.39, 0.29) is 5.41 Å². The fraction of sp³-hybridized carbons (Fsp3) is 0.833. The minimum Gasteiger partial charge on any atom is -0.494 e. The summed E-state index contributed by atoms with van der Waals surface area (Å²) in [5.41, 5.74) is 16.6. The topological polar surface area (TPSA) is 61.3 Å². The number of nitrogens with two attached hydrogens (primary N) is 2. The molecule has 0 amide bonds. The lowest BCUT2D eigenvalue weighted by atomic mass is 9.39. The van der Waals surface area contributed by atoms with Gasteiger partial charge in [-0.25, -0.2) is 0 Å². The number of anilines is 2. The van der Waals surface area contributed by atoms with Gasteiger partial charge in [0.15, 0.2) is 0 Å². The number of benzene rings is 1. The normalized spacial score (nSPS) is 40.0. The number of rotatable bonds is 7. The molecule has 4 fully saturated rings. The van der Waals surface area contributed by atoms with E-state index in [0.717, 1.165) is 52.9 Å². The molecular formula is C36H60N2O. The van der Waals surface area contributed by atoms with E-state index in [4.69, 9.17) is 16.2 Å². The molecule has 3 unspecified atom stereocenters. The Labute approximate surface area is 240 Å². The molecule has 4 saturated carbocycles. The lowest BCUT2D eigenvalue weighted by molar-refractivity contribution is -0.153. The lowest BCUT2D eigenvalue weighted by Crippen LogP contribution is -2.57. The van der Waals surface area contributed by atoms with Gasteiger partial charge in [-0.15, -0.1) is 0 Å². The van der Waals surface area contributed by atoms with Gasteiger partial charge in [-0.3, -0.25) is 0 Å². The first kappa shape index (κ1) is 29.1. The zero-order valence-corrected chi connectivity index (χ0v) is 26.6. The van der Waals surface area contributed by atoms with Crippen molar-refractivity contribution < 1.29 is 4.74 Å². The molecule has 0 spiro atoms. The third kappa shape index (κ3) is 4.70. The Hall–Kier alpha value is -1.38. The fourth-order valence-electron chi connectivity index (χ4n) is 11.9. The summed E-state index contributed by atoms with van der Waals surface area (Å²) in [7, 11) is 1.76. The third-order valence-electron chi connectivity index (χ3n) is 13.6. The van der Waals surface area contributed by atoms with Crippen LogP contribution in [0.3, 0.4) is 0 Å². The molecule has 0 heterocycles. The van der Waals surface area contributed by atoms with Crippen molar-refractivity contribution in [2.75, 3.05) is 18.6 Å². The molecule has 0 radical (unpaired) electrons. The van der Waals surface area contributed by atoms with E-state index in [9.17, 15) is 0 Å². The Kier molecular flexibility index (Phi) is 7.82. The van der Waals surface area contributed by atoms with E-state index in [1.165, 1.54) is 76.2 Å². The third-order valence-corrected chi connectivity index (χ3v) is 13.6. The van der Waals surface area contributed by atoms with Crippen LogP contribution in [0.4, 0.5) is 11.4 Å². The Morgan fingerprint density at radius 1 is 0.846 bits per heavy atom. The first-order valence-corrected chi connectivity index (χ1v) is 16.6. The van der Waals surface area contributed by atoms with Crippen LogP contribution in [-0.4, -0.2) is 7.11 Å². The second-order valence-electron chi connectivity index (χ2n) is 16.2. The van der Waals surface area contributed by atoms with Gasteiger partial charge in [0.1, 0.15) is 5.75 Å². The van der Waals surface area contributed by atoms with E-state index < -0.39 is 0 Å². The number of nitrogen functional groups attached to an aromatic ring is 2. The Bertz CT molecular complexity index is 1030. The van der Waals surface area contributed by atoms with Crippen LogP contribution in [0.1, 0.15) is 131 Å². The average molecular weight is 537 g/mol. The molecule has 3 heteroatoms. The second kappa shape index (κ2) is 10.5. The summed E-state index contributed by atoms with van der Waals surface area (Å²) in [6.45, 7) is 17.9. The quantitative estimate of drug-likeness (QED) is 0.341. The van der Waals surface area contributed by atoms with Gasteiger partial charge in [0, 0.05) is 11.3 Å². The maximum atomic E-state index is 6.40. The second-order valence-corrected chi connectivity index (χ2v) is 16.2. The van der Waals surface area contributed by atoms with Gasteiger partial charge in [0.2, 0.25) is 0 Å². The van der Waals surface area contributed by atoms with Gasteiger partial charge in [-0.05, 0) is 127 Å². The van der Waals surface area contributed by atoms with E-state index in [0.29, 0.717) is 22.4 Å². The number of hydrogen-bond donors (Lipinski definition) is 2. The largest absolute Gasteiger partial charge is 0.494 e. The van der Waals surface area contributed by atoms with Crippen LogP contribution in [0.2, 0.25) is 0 Å². The van der Waals surface area contributed by atoms with Gasteiger partial charge in [-0.2, -0.15) is 0 Å². The predicted octanol–water partition coefficient (Wildman–Crippen LogP) is 9.70. The molecule has 0 bridgehead atoms. The molecule has 1 aromatic carbocycles. The molecule has 3 nitrogen and oxygen atoms in total. The molecule has 220 valence electrons. The van der Waals surface area contributed by atoms with Crippen molar-refractivity contribution in [1.29, 1.82) is 0 Å². The zero-order valence-electron chi connectivity index (χ0n) is 26.6. The highest BCUT2D eigenvalue weighted by molar-refractivity contribution is 5.65. The standard InChI is InChI=1S/C36H60N2O/c1-22(2)10-9-11-23(3)27-13-14-29-25-12-15-32-34(4,5)28(26-20-24(37)21-31(38)33(26)39-8)16-19-36(32,7)30(25)17-18-35(27,29)6/h20-23,25,27-30,32H,9-19,37-38H2,1-8H3/t23?,25-,27+,28?,29-,30-,32?,35+,36+/m0/s1. The van der Waals surface area contributed by atoms with Crippen molar-refractivity contribution >= 4 is 11.4 Å².